The first-order chi connectivity index (χ1) is 17.4. The van der Waals surface area contributed by atoms with Gasteiger partial charge < -0.3 is 19.5 Å². The van der Waals surface area contributed by atoms with E-state index in [0.29, 0.717) is 56.0 Å². The van der Waals surface area contributed by atoms with Crippen LogP contribution in [0.2, 0.25) is 0 Å². The number of nitrogens with one attached hydrogen (secondary N) is 2. The van der Waals surface area contributed by atoms with E-state index >= 15 is 0 Å². The third-order valence-corrected chi connectivity index (χ3v) is 6.00. The highest BCUT2D eigenvalue weighted by Crippen LogP contribution is 2.40. The maximum atomic E-state index is 13.2. The molecule has 5 rings (SSSR count). The Kier molecular flexibility index (Phi) is 5.81. The van der Waals surface area contributed by atoms with Gasteiger partial charge in [-0.1, -0.05) is 17.7 Å². The van der Waals surface area contributed by atoms with Gasteiger partial charge >= 0.3 is 0 Å². The Morgan fingerprint density at radius 1 is 0.917 bits per heavy atom. The fraction of sp³-hybridized carbons (Fsp3) is 0.148. The summed E-state index contributed by atoms with van der Waals surface area (Å²) in [5.74, 6) is 0.931. The number of pyridine rings is 1. The van der Waals surface area contributed by atoms with Crippen LogP contribution in [0.4, 0.5) is 5.69 Å². The highest BCUT2D eigenvalue weighted by molar-refractivity contribution is 6.10. The van der Waals surface area contributed by atoms with E-state index in [1.165, 1.54) is 26.0 Å². The predicted octanol–water partition coefficient (Wildman–Crippen LogP) is 4.45. The van der Waals surface area contributed by atoms with Gasteiger partial charge in [-0.2, -0.15) is 0 Å². The number of aromatic nitrogens is 3. The molecule has 0 aliphatic carbocycles. The van der Waals surface area contributed by atoms with Gasteiger partial charge in [-0.15, -0.1) is 0 Å². The first-order valence-corrected chi connectivity index (χ1v) is 11.2. The summed E-state index contributed by atoms with van der Waals surface area (Å²) in [7, 11) is 4.53. The normalized spacial score (nSPS) is 11.0. The molecule has 2 heterocycles. The summed E-state index contributed by atoms with van der Waals surface area (Å²) in [6, 6.07) is 16.1. The van der Waals surface area contributed by atoms with E-state index in [9.17, 15) is 9.59 Å². The molecular formula is C27H24N4O5. The number of aryl methyl sites for hydroxylation is 1. The van der Waals surface area contributed by atoms with Crippen molar-refractivity contribution in [2.45, 2.75) is 6.92 Å². The summed E-state index contributed by atoms with van der Waals surface area (Å²) in [5, 5.41) is 7.15. The molecule has 0 unspecified atom stereocenters. The number of anilines is 1. The molecule has 0 atom stereocenters. The second kappa shape index (κ2) is 9.10. The van der Waals surface area contributed by atoms with Crippen LogP contribution >= 0.6 is 0 Å². The lowest BCUT2D eigenvalue weighted by Gasteiger charge is -2.14. The van der Waals surface area contributed by atoms with E-state index in [2.05, 4.69) is 15.4 Å². The van der Waals surface area contributed by atoms with E-state index in [0.717, 1.165) is 5.56 Å². The van der Waals surface area contributed by atoms with E-state index in [4.69, 9.17) is 14.2 Å². The minimum atomic E-state index is -0.344. The van der Waals surface area contributed by atoms with Crippen LogP contribution in [0.5, 0.6) is 17.2 Å². The molecule has 0 aliphatic rings. The molecule has 182 valence electrons. The lowest BCUT2D eigenvalue weighted by Crippen LogP contribution is -2.14. The summed E-state index contributed by atoms with van der Waals surface area (Å²) in [4.78, 5) is 30.6. The molecule has 0 bridgehead atoms. The fourth-order valence-electron chi connectivity index (χ4n) is 4.13. The van der Waals surface area contributed by atoms with Gasteiger partial charge in [-0.3, -0.25) is 19.7 Å². The van der Waals surface area contributed by atoms with Crippen molar-refractivity contribution in [3.8, 4) is 22.9 Å². The third-order valence-electron chi connectivity index (χ3n) is 6.00. The average molecular weight is 485 g/mol. The van der Waals surface area contributed by atoms with Gasteiger partial charge in [0.2, 0.25) is 5.75 Å². The molecule has 2 N–H and O–H groups in total. The summed E-state index contributed by atoms with van der Waals surface area (Å²) in [5.41, 5.74) is 3.73. The zero-order valence-electron chi connectivity index (χ0n) is 20.2. The Labute approximate surface area is 206 Å². The van der Waals surface area contributed by atoms with Crippen molar-refractivity contribution in [3.05, 3.63) is 82.3 Å². The second-order valence-corrected chi connectivity index (χ2v) is 8.23. The number of hydrogen-bond acceptors (Lipinski definition) is 6. The number of methoxy groups -OCH3 is 3. The largest absolute Gasteiger partial charge is 0.493 e. The summed E-state index contributed by atoms with van der Waals surface area (Å²) < 4.78 is 17.6. The van der Waals surface area contributed by atoms with Gasteiger partial charge in [0.15, 0.2) is 11.5 Å². The third kappa shape index (κ3) is 3.90. The number of fused-ring (bicyclic) bond motifs is 3. The Morgan fingerprint density at radius 2 is 1.61 bits per heavy atom. The molecule has 0 aliphatic heterocycles. The van der Waals surface area contributed by atoms with Crippen molar-refractivity contribution in [2.75, 3.05) is 26.6 Å². The summed E-state index contributed by atoms with van der Waals surface area (Å²) in [6.07, 6.45) is 1.55. The standard InChI is InChI=1S/C27H24N4O5/c1-15-5-8-18(9-6-15)31-27(33)20-14-28-21-10-7-16(11-19(21)24(20)30-31)26(32)29-17-12-22(34-2)25(36-4)23(13-17)35-3/h5-14,30H,1-4H3,(H,29,32). The minimum absolute atomic E-state index is 0.212. The molecular weight excluding hydrogens is 460 g/mol. The Hall–Kier alpha value is -4.79. The van der Waals surface area contributed by atoms with Crippen LogP contribution in [0.25, 0.3) is 27.5 Å². The van der Waals surface area contributed by atoms with Gasteiger partial charge in [0.1, 0.15) is 0 Å². The molecule has 0 fully saturated rings. The average Bonchev–Trinajstić information content (AvgIpc) is 3.24. The Balaban J connectivity index is 1.55. The number of H-pyrrole nitrogens is 1. The fourth-order valence-corrected chi connectivity index (χ4v) is 4.13. The van der Waals surface area contributed by atoms with Crippen molar-refractivity contribution in [1.82, 2.24) is 14.8 Å². The van der Waals surface area contributed by atoms with Crippen LogP contribution in [0.15, 0.2) is 65.6 Å². The van der Waals surface area contributed by atoms with Crippen LogP contribution in [-0.2, 0) is 0 Å². The zero-order chi connectivity index (χ0) is 25.4. The van der Waals surface area contributed by atoms with Gasteiger partial charge in [0.05, 0.1) is 43.4 Å². The van der Waals surface area contributed by atoms with Gasteiger partial charge in [0.25, 0.3) is 11.5 Å². The first kappa shape index (κ1) is 23.0. The van der Waals surface area contributed by atoms with Gasteiger partial charge in [-0.25, -0.2) is 4.68 Å². The molecule has 0 spiro atoms. The molecule has 2 aromatic heterocycles. The van der Waals surface area contributed by atoms with Crippen LogP contribution < -0.4 is 25.1 Å². The predicted molar refractivity (Wildman–Crippen MR) is 138 cm³/mol. The van der Waals surface area contributed by atoms with Gasteiger partial charge in [-0.05, 0) is 37.3 Å². The Bertz CT molecular complexity index is 1640. The van der Waals surface area contributed by atoms with Gasteiger partial charge in [0, 0.05) is 35.0 Å². The number of carbonyl (C=O) groups is 1. The maximum absolute atomic E-state index is 13.2. The van der Waals surface area contributed by atoms with Crippen molar-refractivity contribution >= 4 is 33.4 Å². The maximum Gasteiger partial charge on any atom is 0.280 e. The van der Waals surface area contributed by atoms with E-state index in [1.807, 2.05) is 31.2 Å². The van der Waals surface area contributed by atoms with Crippen LogP contribution in [0.3, 0.4) is 0 Å². The molecule has 0 saturated carbocycles. The molecule has 1 amide bonds. The molecule has 5 aromatic rings. The van der Waals surface area contributed by atoms with Crippen LogP contribution in [-0.4, -0.2) is 42.0 Å². The van der Waals surface area contributed by atoms with E-state index in [-0.39, 0.29) is 11.5 Å². The van der Waals surface area contributed by atoms with Crippen LogP contribution in [0.1, 0.15) is 15.9 Å². The smallest absolute Gasteiger partial charge is 0.280 e. The van der Waals surface area contributed by atoms with Crippen LogP contribution in [0, 0.1) is 6.92 Å². The first-order valence-electron chi connectivity index (χ1n) is 11.2. The lowest BCUT2D eigenvalue weighted by atomic mass is 10.1. The quantitative estimate of drug-likeness (QED) is 0.369. The highest BCUT2D eigenvalue weighted by atomic mass is 16.5. The van der Waals surface area contributed by atoms with E-state index in [1.54, 1.807) is 36.5 Å². The number of amides is 1. The zero-order valence-corrected chi connectivity index (χ0v) is 20.2. The number of nitrogens with zero attached hydrogens (tertiary/aromatic N) is 2. The number of ether oxygens (including phenoxy) is 3. The molecule has 9 nitrogen and oxygen atoms in total. The number of aromatic amines is 1. The monoisotopic (exact) mass is 484 g/mol. The molecule has 0 radical (unpaired) electrons. The number of benzene rings is 3. The number of hydrogen-bond donors (Lipinski definition) is 2. The molecule has 36 heavy (non-hydrogen) atoms. The Morgan fingerprint density at radius 3 is 2.25 bits per heavy atom. The van der Waals surface area contributed by atoms with Crippen molar-refractivity contribution in [1.29, 1.82) is 0 Å². The van der Waals surface area contributed by atoms with E-state index < -0.39 is 0 Å². The highest BCUT2D eigenvalue weighted by Gasteiger charge is 2.17. The number of rotatable bonds is 6. The SMILES string of the molecule is COc1cc(NC(=O)c2ccc3ncc4c(=O)n(-c5ccc(C)cc5)[nH]c4c3c2)cc(OC)c1OC. The minimum Gasteiger partial charge on any atom is -0.493 e. The van der Waals surface area contributed by atoms with Crippen molar-refractivity contribution < 1.29 is 19.0 Å². The summed E-state index contributed by atoms with van der Waals surface area (Å²) in [6.45, 7) is 1.99. The second-order valence-electron chi connectivity index (χ2n) is 8.23. The molecule has 9 heteroatoms. The van der Waals surface area contributed by atoms with Crippen molar-refractivity contribution in [2.24, 2.45) is 0 Å². The summed E-state index contributed by atoms with van der Waals surface area (Å²) >= 11 is 0. The topological polar surface area (TPSA) is 107 Å². The van der Waals surface area contributed by atoms with Crippen molar-refractivity contribution in [3.63, 3.8) is 0 Å². The molecule has 3 aromatic carbocycles. The number of carbonyl (C=O) groups excluding carboxylic acids is 1. The molecule has 0 saturated heterocycles. The lowest BCUT2D eigenvalue weighted by molar-refractivity contribution is 0.102.